The highest BCUT2D eigenvalue weighted by Crippen LogP contribution is 2.30. The number of hydrogen-bond donors (Lipinski definition) is 2. The van der Waals surface area contributed by atoms with E-state index in [-0.39, 0.29) is 18.7 Å². The number of alkyl halides is 3. The summed E-state index contributed by atoms with van der Waals surface area (Å²) in [7, 11) is 0. The molecule has 0 saturated carbocycles. The van der Waals surface area contributed by atoms with E-state index in [0.717, 1.165) is 12.1 Å². The number of furan rings is 1. The Bertz CT molecular complexity index is 581. The van der Waals surface area contributed by atoms with Crippen molar-refractivity contribution in [3.63, 3.8) is 0 Å². The lowest BCUT2D eigenvalue weighted by Gasteiger charge is -2.15. The van der Waals surface area contributed by atoms with Crippen molar-refractivity contribution in [2.45, 2.75) is 18.8 Å². The Hall–Kier alpha value is -1.86. The van der Waals surface area contributed by atoms with Gasteiger partial charge in [-0.1, -0.05) is 0 Å². The van der Waals surface area contributed by atoms with Crippen LogP contribution in [0.15, 0.2) is 41.0 Å². The Morgan fingerprint density at radius 1 is 1.24 bits per heavy atom. The van der Waals surface area contributed by atoms with Crippen molar-refractivity contribution in [3.05, 3.63) is 59.3 Å². The van der Waals surface area contributed by atoms with Crippen LogP contribution < -0.4 is 5.32 Å². The van der Waals surface area contributed by atoms with Crippen LogP contribution in [0.1, 0.15) is 22.9 Å². The van der Waals surface area contributed by atoms with Crippen molar-refractivity contribution < 1.29 is 27.1 Å². The van der Waals surface area contributed by atoms with Gasteiger partial charge in [0.15, 0.2) is 0 Å². The molecular formula is C14H13F4NO2. The van der Waals surface area contributed by atoms with Crippen molar-refractivity contribution in [1.82, 2.24) is 5.32 Å². The van der Waals surface area contributed by atoms with E-state index in [4.69, 9.17) is 4.42 Å². The van der Waals surface area contributed by atoms with Crippen LogP contribution in [0, 0.1) is 5.82 Å². The molecule has 1 unspecified atom stereocenters. The molecule has 114 valence electrons. The first kappa shape index (κ1) is 15.5. The van der Waals surface area contributed by atoms with E-state index in [9.17, 15) is 22.7 Å². The van der Waals surface area contributed by atoms with Gasteiger partial charge < -0.3 is 14.8 Å². The number of aliphatic hydroxyl groups excluding tert-OH is 1. The van der Waals surface area contributed by atoms with Gasteiger partial charge in [0.2, 0.25) is 0 Å². The number of benzene rings is 1. The average molecular weight is 303 g/mol. The maximum absolute atomic E-state index is 13.2. The molecule has 1 aromatic carbocycles. The van der Waals surface area contributed by atoms with Crippen LogP contribution >= 0.6 is 0 Å². The fourth-order valence-corrected chi connectivity index (χ4v) is 1.90. The summed E-state index contributed by atoms with van der Waals surface area (Å²) in [5.41, 5.74) is -0.912. The van der Waals surface area contributed by atoms with Gasteiger partial charge in [-0.3, -0.25) is 0 Å². The molecule has 2 N–H and O–H groups in total. The van der Waals surface area contributed by atoms with E-state index in [0.29, 0.717) is 11.8 Å². The number of rotatable bonds is 5. The summed E-state index contributed by atoms with van der Waals surface area (Å²) >= 11 is 0. The second-order valence-electron chi connectivity index (χ2n) is 4.48. The first-order valence-corrected chi connectivity index (χ1v) is 6.14. The monoisotopic (exact) mass is 303 g/mol. The van der Waals surface area contributed by atoms with Crippen LogP contribution in [0.5, 0.6) is 0 Å². The number of halogens is 4. The molecule has 3 nitrogen and oxygen atoms in total. The van der Waals surface area contributed by atoms with Crippen LogP contribution in [-0.2, 0) is 12.7 Å². The number of nitrogens with one attached hydrogen (secondary N) is 1. The van der Waals surface area contributed by atoms with Gasteiger partial charge >= 0.3 is 6.18 Å². The van der Waals surface area contributed by atoms with Crippen molar-refractivity contribution in [2.75, 3.05) is 6.61 Å². The lowest BCUT2D eigenvalue weighted by molar-refractivity contribution is -0.137. The molecule has 0 aliphatic carbocycles. The minimum absolute atomic E-state index is 0.0350. The molecule has 0 amide bonds. The van der Waals surface area contributed by atoms with Gasteiger partial charge in [0.1, 0.15) is 11.6 Å². The van der Waals surface area contributed by atoms with E-state index < -0.39 is 23.6 Å². The molecule has 0 bridgehead atoms. The van der Waals surface area contributed by atoms with Crippen LogP contribution in [0.25, 0.3) is 0 Å². The zero-order chi connectivity index (χ0) is 15.5. The van der Waals surface area contributed by atoms with Gasteiger partial charge in [0.05, 0.1) is 24.5 Å². The molecule has 2 aromatic rings. The normalized spacial score (nSPS) is 13.4. The maximum atomic E-state index is 13.2. The second-order valence-corrected chi connectivity index (χ2v) is 4.48. The molecular weight excluding hydrogens is 290 g/mol. The molecule has 1 aromatic heterocycles. The smallest absolute Gasteiger partial charge is 0.416 e. The summed E-state index contributed by atoms with van der Waals surface area (Å²) in [6.07, 6.45) is -3.18. The maximum Gasteiger partial charge on any atom is 0.416 e. The zero-order valence-electron chi connectivity index (χ0n) is 10.8. The van der Waals surface area contributed by atoms with Gasteiger partial charge in [-0.25, -0.2) is 4.39 Å². The van der Waals surface area contributed by atoms with Crippen molar-refractivity contribution in [3.8, 4) is 0 Å². The van der Waals surface area contributed by atoms with Gasteiger partial charge in [0, 0.05) is 6.54 Å². The summed E-state index contributed by atoms with van der Waals surface area (Å²) in [4.78, 5) is 0. The zero-order valence-corrected chi connectivity index (χ0v) is 10.8. The molecule has 1 atom stereocenters. The van der Waals surface area contributed by atoms with E-state index in [1.807, 2.05) is 0 Å². The van der Waals surface area contributed by atoms with E-state index in [2.05, 4.69) is 5.32 Å². The molecule has 0 fully saturated rings. The van der Waals surface area contributed by atoms with Crippen LogP contribution in [-0.4, -0.2) is 11.7 Å². The first-order valence-electron chi connectivity index (χ1n) is 6.14. The Balaban J connectivity index is 2.11. The third-order valence-electron chi connectivity index (χ3n) is 2.91. The Morgan fingerprint density at radius 2 is 2.00 bits per heavy atom. The Labute approximate surface area is 118 Å². The van der Waals surface area contributed by atoms with Gasteiger partial charge in [-0.2, -0.15) is 13.2 Å². The fraction of sp³-hybridized carbons (Fsp3) is 0.286. The topological polar surface area (TPSA) is 45.4 Å². The molecule has 21 heavy (non-hydrogen) atoms. The average Bonchev–Trinajstić information content (AvgIpc) is 2.92. The number of aliphatic hydroxyl groups is 1. The van der Waals surface area contributed by atoms with Crippen molar-refractivity contribution >= 4 is 0 Å². The second kappa shape index (κ2) is 6.28. The standard InChI is InChI=1S/C14H13F4NO2/c15-11-5-9(4-10(6-11)14(16,17)18)7-19-12(8-20)13-2-1-3-21-13/h1-6,12,19-20H,7-8H2. The van der Waals surface area contributed by atoms with E-state index >= 15 is 0 Å². The largest absolute Gasteiger partial charge is 0.468 e. The molecule has 7 heteroatoms. The van der Waals surface area contributed by atoms with Crippen LogP contribution in [0.3, 0.4) is 0 Å². The quantitative estimate of drug-likeness (QED) is 0.833. The lowest BCUT2D eigenvalue weighted by atomic mass is 10.1. The first-order chi connectivity index (χ1) is 9.90. The molecule has 0 aliphatic heterocycles. The summed E-state index contributed by atoms with van der Waals surface area (Å²) in [5.74, 6) is -0.509. The predicted molar refractivity (Wildman–Crippen MR) is 66.8 cm³/mol. The SMILES string of the molecule is OCC(NCc1cc(F)cc(C(F)(F)F)c1)c1ccco1. The fourth-order valence-electron chi connectivity index (χ4n) is 1.90. The molecule has 0 saturated heterocycles. The van der Waals surface area contributed by atoms with E-state index in [1.165, 1.54) is 6.26 Å². The van der Waals surface area contributed by atoms with E-state index in [1.54, 1.807) is 12.1 Å². The van der Waals surface area contributed by atoms with Gasteiger partial charge in [0.25, 0.3) is 0 Å². The lowest BCUT2D eigenvalue weighted by Crippen LogP contribution is -2.23. The molecule has 0 aliphatic rings. The molecule has 1 heterocycles. The van der Waals surface area contributed by atoms with Gasteiger partial charge in [-0.05, 0) is 35.9 Å². The minimum Gasteiger partial charge on any atom is -0.468 e. The highest BCUT2D eigenvalue weighted by molar-refractivity contribution is 5.27. The molecule has 0 radical (unpaired) electrons. The summed E-state index contributed by atoms with van der Waals surface area (Å²) < 4.78 is 56.1. The van der Waals surface area contributed by atoms with Gasteiger partial charge in [-0.15, -0.1) is 0 Å². The van der Waals surface area contributed by atoms with Crippen LogP contribution in [0.2, 0.25) is 0 Å². The minimum atomic E-state index is -4.60. The third-order valence-corrected chi connectivity index (χ3v) is 2.91. The summed E-state index contributed by atoms with van der Waals surface area (Å²) in [5, 5.41) is 12.1. The van der Waals surface area contributed by atoms with Crippen molar-refractivity contribution in [2.24, 2.45) is 0 Å². The Morgan fingerprint density at radius 3 is 2.57 bits per heavy atom. The molecule has 0 spiro atoms. The molecule has 2 rings (SSSR count). The van der Waals surface area contributed by atoms with Crippen molar-refractivity contribution in [1.29, 1.82) is 0 Å². The predicted octanol–water partition coefficient (Wildman–Crippen LogP) is 3.26. The Kier molecular flexibility index (Phi) is 4.64. The highest BCUT2D eigenvalue weighted by atomic mass is 19.4. The summed E-state index contributed by atoms with van der Waals surface area (Å²) in [6.45, 7) is -0.332. The number of hydrogen-bond acceptors (Lipinski definition) is 3. The third kappa shape index (κ3) is 4.05. The highest BCUT2D eigenvalue weighted by Gasteiger charge is 2.31. The summed E-state index contributed by atoms with van der Waals surface area (Å²) in [6, 6.07) is 5.01. The van der Waals surface area contributed by atoms with Crippen LogP contribution in [0.4, 0.5) is 17.6 Å².